The van der Waals surface area contributed by atoms with Gasteiger partial charge in [-0.25, -0.2) is 4.79 Å². The molecule has 0 spiro atoms. The molecule has 0 unspecified atom stereocenters. The van der Waals surface area contributed by atoms with Crippen LogP contribution in [0.5, 0.6) is 0 Å². The minimum atomic E-state index is -0.415. The van der Waals surface area contributed by atoms with Gasteiger partial charge in [-0.2, -0.15) is 0 Å². The van der Waals surface area contributed by atoms with E-state index >= 15 is 0 Å². The SMILES string of the molecule is CC1CC(OCCN2CCN(C(=O)OC(C)(C)C)CC2)C1. The summed E-state index contributed by atoms with van der Waals surface area (Å²) in [4.78, 5) is 16.1. The molecule has 1 aliphatic carbocycles. The molecule has 0 atom stereocenters. The molecule has 0 aromatic carbocycles. The molecular weight excluding hydrogens is 268 g/mol. The van der Waals surface area contributed by atoms with Crippen LogP contribution in [0, 0.1) is 5.92 Å². The van der Waals surface area contributed by atoms with Gasteiger partial charge in [0.15, 0.2) is 0 Å². The number of hydrogen-bond donors (Lipinski definition) is 0. The third kappa shape index (κ3) is 5.47. The van der Waals surface area contributed by atoms with Crippen LogP contribution in [0.1, 0.15) is 40.5 Å². The molecule has 122 valence electrons. The van der Waals surface area contributed by atoms with Crippen LogP contribution in [-0.2, 0) is 9.47 Å². The number of carbonyl (C=O) groups excluding carboxylic acids is 1. The highest BCUT2D eigenvalue weighted by Gasteiger charge is 2.27. The van der Waals surface area contributed by atoms with E-state index in [1.165, 1.54) is 12.8 Å². The third-order valence-corrected chi connectivity index (χ3v) is 4.12. The zero-order valence-corrected chi connectivity index (χ0v) is 13.9. The second-order valence-corrected chi connectivity index (χ2v) is 7.38. The molecule has 2 rings (SSSR count). The van der Waals surface area contributed by atoms with E-state index in [9.17, 15) is 4.79 Å². The summed E-state index contributed by atoms with van der Waals surface area (Å²) in [5.74, 6) is 0.840. The minimum absolute atomic E-state index is 0.193. The molecule has 0 N–H and O–H groups in total. The predicted octanol–water partition coefficient (Wildman–Crippen LogP) is 2.35. The van der Waals surface area contributed by atoms with E-state index < -0.39 is 5.60 Å². The smallest absolute Gasteiger partial charge is 0.410 e. The van der Waals surface area contributed by atoms with Crippen molar-refractivity contribution in [3.05, 3.63) is 0 Å². The molecule has 1 saturated heterocycles. The average Bonchev–Trinajstić information content (AvgIpc) is 2.35. The molecule has 0 radical (unpaired) electrons. The van der Waals surface area contributed by atoms with E-state index in [0.717, 1.165) is 45.2 Å². The number of ether oxygens (including phenoxy) is 2. The van der Waals surface area contributed by atoms with Gasteiger partial charge in [0.25, 0.3) is 0 Å². The van der Waals surface area contributed by atoms with Gasteiger partial charge in [0.1, 0.15) is 5.60 Å². The fourth-order valence-electron chi connectivity index (χ4n) is 2.79. The molecule has 21 heavy (non-hydrogen) atoms. The second kappa shape index (κ2) is 6.97. The van der Waals surface area contributed by atoms with E-state index in [-0.39, 0.29) is 6.09 Å². The Hall–Kier alpha value is -0.810. The molecule has 1 amide bonds. The van der Waals surface area contributed by atoms with Crippen molar-refractivity contribution in [1.29, 1.82) is 0 Å². The van der Waals surface area contributed by atoms with Crippen molar-refractivity contribution in [3.63, 3.8) is 0 Å². The average molecular weight is 298 g/mol. The fourth-order valence-corrected chi connectivity index (χ4v) is 2.79. The Labute approximate surface area is 128 Å². The lowest BCUT2D eigenvalue weighted by Gasteiger charge is -2.36. The van der Waals surface area contributed by atoms with Crippen LogP contribution in [0.25, 0.3) is 0 Å². The Bertz CT molecular complexity index is 340. The number of rotatable bonds is 4. The first-order valence-electron chi connectivity index (χ1n) is 8.15. The summed E-state index contributed by atoms with van der Waals surface area (Å²) in [5, 5.41) is 0. The van der Waals surface area contributed by atoms with E-state index in [0.29, 0.717) is 6.10 Å². The van der Waals surface area contributed by atoms with Gasteiger partial charge in [-0.1, -0.05) is 6.92 Å². The van der Waals surface area contributed by atoms with E-state index in [1.54, 1.807) is 4.90 Å². The number of carbonyl (C=O) groups is 1. The first-order valence-corrected chi connectivity index (χ1v) is 8.15. The quantitative estimate of drug-likeness (QED) is 0.799. The summed E-state index contributed by atoms with van der Waals surface area (Å²) in [5.41, 5.74) is -0.415. The lowest BCUT2D eigenvalue weighted by Crippen LogP contribution is -2.50. The lowest BCUT2D eigenvalue weighted by atomic mass is 9.84. The van der Waals surface area contributed by atoms with Gasteiger partial charge in [0, 0.05) is 32.7 Å². The lowest BCUT2D eigenvalue weighted by molar-refractivity contribution is -0.0365. The maximum atomic E-state index is 12.0. The summed E-state index contributed by atoms with van der Waals surface area (Å²) >= 11 is 0. The maximum Gasteiger partial charge on any atom is 0.410 e. The summed E-state index contributed by atoms with van der Waals surface area (Å²) in [6.07, 6.45) is 2.73. The first kappa shape index (κ1) is 16.6. The van der Waals surface area contributed by atoms with Gasteiger partial charge >= 0.3 is 6.09 Å². The Balaban J connectivity index is 1.58. The molecule has 0 aromatic rings. The number of nitrogens with zero attached hydrogens (tertiary/aromatic N) is 2. The van der Waals surface area contributed by atoms with Crippen molar-refractivity contribution in [1.82, 2.24) is 9.80 Å². The molecule has 1 saturated carbocycles. The van der Waals surface area contributed by atoms with Crippen molar-refractivity contribution in [2.45, 2.75) is 52.2 Å². The fraction of sp³-hybridized carbons (Fsp3) is 0.938. The molecule has 2 fully saturated rings. The summed E-state index contributed by atoms with van der Waals surface area (Å²) < 4.78 is 11.2. The van der Waals surface area contributed by atoms with Crippen molar-refractivity contribution in [3.8, 4) is 0 Å². The van der Waals surface area contributed by atoms with Gasteiger partial charge < -0.3 is 14.4 Å². The predicted molar refractivity (Wildman–Crippen MR) is 82.4 cm³/mol. The molecule has 0 aromatic heterocycles. The second-order valence-electron chi connectivity index (χ2n) is 7.38. The van der Waals surface area contributed by atoms with Crippen LogP contribution in [-0.4, -0.2) is 66.9 Å². The van der Waals surface area contributed by atoms with Crippen molar-refractivity contribution in [2.75, 3.05) is 39.3 Å². The maximum absolute atomic E-state index is 12.0. The number of amides is 1. The molecule has 0 bridgehead atoms. The van der Waals surface area contributed by atoms with Gasteiger partial charge in [0.2, 0.25) is 0 Å². The van der Waals surface area contributed by atoms with Crippen LogP contribution < -0.4 is 0 Å². The zero-order valence-electron chi connectivity index (χ0n) is 13.9. The molecule has 5 nitrogen and oxygen atoms in total. The van der Waals surface area contributed by atoms with Crippen LogP contribution in [0.2, 0.25) is 0 Å². The molecule has 2 aliphatic rings. The third-order valence-electron chi connectivity index (χ3n) is 4.12. The highest BCUT2D eigenvalue weighted by atomic mass is 16.6. The van der Waals surface area contributed by atoms with Crippen LogP contribution >= 0.6 is 0 Å². The topological polar surface area (TPSA) is 42.0 Å². The van der Waals surface area contributed by atoms with Crippen LogP contribution in [0.4, 0.5) is 4.79 Å². The van der Waals surface area contributed by atoms with E-state index in [2.05, 4.69) is 11.8 Å². The Kier molecular flexibility index (Phi) is 5.49. The van der Waals surface area contributed by atoms with Gasteiger partial charge in [-0.3, -0.25) is 4.90 Å². The van der Waals surface area contributed by atoms with Crippen LogP contribution in [0.3, 0.4) is 0 Å². The Morgan fingerprint density at radius 3 is 2.29 bits per heavy atom. The van der Waals surface area contributed by atoms with Crippen LogP contribution in [0.15, 0.2) is 0 Å². The molecular formula is C16H30N2O3. The summed E-state index contributed by atoms with van der Waals surface area (Å²) in [6.45, 7) is 13.1. The minimum Gasteiger partial charge on any atom is -0.444 e. The Morgan fingerprint density at radius 1 is 1.14 bits per heavy atom. The molecule has 1 heterocycles. The number of piperazine rings is 1. The van der Waals surface area contributed by atoms with E-state index in [4.69, 9.17) is 9.47 Å². The summed E-state index contributed by atoms with van der Waals surface area (Å²) in [7, 11) is 0. The first-order chi connectivity index (χ1) is 9.83. The monoisotopic (exact) mass is 298 g/mol. The van der Waals surface area contributed by atoms with Gasteiger partial charge in [0.05, 0.1) is 12.7 Å². The van der Waals surface area contributed by atoms with E-state index in [1.807, 2.05) is 20.8 Å². The van der Waals surface area contributed by atoms with Crippen molar-refractivity contribution in [2.24, 2.45) is 5.92 Å². The molecule has 1 aliphatic heterocycles. The standard InChI is InChI=1S/C16H30N2O3/c1-13-11-14(12-13)20-10-9-17-5-7-18(8-6-17)15(19)21-16(2,3)4/h13-14H,5-12H2,1-4H3. The largest absolute Gasteiger partial charge is 0.444 e. The summed E-state index contributed by atoms with van der Waals surface area (Å²) in [6, 6.07) is 0. The zero-order chi connectivity index (χ0) is 15.5. The Morgan fingerprint density at radius 2 is 1.76 bits per heavy atom. The van der Waals surface area contributed by atoms with Gasteiger partial charge in [-0.05, 0) is 39.5 Å². The highest BCUT2D eigenvalue weighted by Crippen LogP contribution is 2.28. The normalized spacial score (nSPS) is 27.3. The molecule has 5 heteroatoms. The van der Waals surface area contributed by atoms with Gasteiger partial charge in [-0.15, -0.1) is 0 Å². The highest BCUT2D eigenvalue weighted by molar-refractivity contribution is 5.68. The number of hydrogen-bond acceptors (Lipinski definition) is 4. The van der Waals surface area contributed by atoms with Crippen molar-refractivity contribution >= 4 is 6.09 Å². The van der Waals surface area contributed by atoms with Crippen molar-refractivity contribution < 1.29 is 14.3 Å².